The molecule has 0 aliphatic heterocycles. The van der Waals surface area contributed by atoms with Crippen LogP contribution in [0.2, 0.25) is 0 Å². The van der Waals surface area contributed by atoms with E-state index in [1.54, 1.807) is 0 Å². The zero-order valence-electron chi connectivity index (χ0n) is 11.9. The van der Waals surface area contributed by atoms with Gasteiger partial charge >= 0.3 is 0 Å². The normalized spacial score (nSPS) is 23.3. The van der Waals surface area contributed by atoms with Crippen molar-refractivity contribution in [1.29, 1.82) is 0 Å². The molecular weight excluding hydrogens is 238 g/mol. The van der Waals surface area contributed by atoms with Gasteiger partial charge in [0.05, 0.1) is 6.54 Å². The summed E-state index contributed by atoms with van der Waals surface area (Å²) < 4.78 is 0. The first-order valence-electron chi connectivity index (χ1n) is 6.69. The molecule has 1 aliphatic rings. The predicted octanol–water partition coefficient (Wildman–Crippen LogP) is 1.52. The minimum absolute atomic E-state index is 0.121. The minimum Gasteiger partial charge on any atom is -0.383 e. The molecule has 2 rings (SSSR count). The Labute approximate surface area is 114 Å². The highest BCUT2D eigenvalue weighted by Gasteiger charge is 2.36. The lowest BCUT2D eigenvalue weighted by Gasteiger charge is -2.24. The molecule has 0 fully saturated rings. The van der Waals surface area contributed by atoms with Gasteiger partial charge in [-0.2, -0.15) is 0 Å². The summed E-state index contributed by atoms with van der Waals surface area (Å²) in [6, 6.07) is 8.00. The smallest absolute Gasteiger partial charge is 0.189 e. The number of hydrogen-bond acceptors (Lipinski definition) is 2. The highest BCUT2D eigenvalue weighted by Crippen LogP contribution is 2.36. The molecule has 0 saturated carbocycles. The summed E-state index contributed by atoms with van der Waals surface area (Å²) in [5.41, 5.74) is 7.05. The summed E-state index contributed by atoms with van der Waals surface area (Å²) in [7, 11) is 0. The molecular formula is C15H23N3O. The summed E-state index contributed by atoms with van der Waals surface area (Å²) in [4.78, 5) is 4.30. The van der Waals surface area contributed by atoms with E-state index in [4.69, 9.17) is 5.73 Å². The van der Waals surface area contributed by atoms with Crippen LogP contribution in [0.4, 0.5) is 0 Å². The van der Waals surface area contributed by atoms with Crippen LogP contribution < -0.4 is 11.1 Å². The third kappa shape index (κ3) is 3.26. The summed E-state index contributed by atoms with van der Waals surface area (Å²) in [6.07, 6.45) is 1.60. The van der Waals surface area contributed by atoms with Crippen LogP contribution in [0, 0.1) is 0 Å². The molecule has 1 aliphatic carbocycles. The maximum atomic E-state index is 10.7. The monoisotopic (exact) mass is 261 g/mol. The quantitative estimate of drug-likeness (QED) is 0.558. The molecule has 1 aromatic carbocycles. The number of aliphatic imine (C=N–C) groups is 1. The number of nitrogens with zero attached hydrogens (tertiary/aromatic N) is 1. The Balaban J connectivity index is 2.10. The second kappa shape index (κ2) is 4.85. The third-order valence-corrected chi connectivity index (χ3v) is 3.34. The van der Waals surface area contributed by atoms with Gasteiger partial charge < -0.3 is 16.2 Å². The molecule has 104 valence electrons. The molecule has 0 spiro atoms. The van der Waals surface area contributed by atoms with Gasteiger partial charge in [-0.25, -0.2) is 0 Å². The van der Waals surface area contributed by atoms with E-state index in [1.165, 1.54) is 5.56 Å². The van der Waals surface area contributed by atoms with E-state index in [2.05, 4.69) is 16.4 Å². The maximum Gasteiger partial charge on any atom is 0.189 e. The largest absolute Gasteiger partial charge is 0.383 e. The average molecular weight is 261 g/mol. The first-order valence-corrected chi connectivity index (χ1v) is 6.69. The fourth-order valence-corrected chi connectivity index (χ4v) is 2.47. The Bertz CT molecular complexity index is 490. The van der Waals surface area contributed by atoms with Gasteiger partial charge in [0.2, 0.25) is 0 Å². The Morgan fingerprint density at radius 1 is 1.42 bits per heavy atom. The summed E-state index contributed by atoms with van der Waals surface area (Å²) in [5, 5.41) is 13.8. The lowest BCUT2D eigenvalue weighted by atomic mass is 9.96. The van der Waals surface area contributed by atoms with Gasteiger partial charge in [-0.05, 0) is 44.7 Å². The highest BCUT2D eigenvalue weighted by molar-refractivity contribution is 5.78. The van der Waals surface area contributed by atoms with E-state index < -0.39 is 5.60 Å². The number of benzene rings is 1. The van der Waals surface area contributed by atoms with E-state index in [-0.39, 0.29) is 5.54 Å². The summed E-state index contributed by atoms with van der Waals surface area (Å²) in [5.74, 6) is 0.380. The van der Waals surface area contributed by atoms with Crippen LogP contribution in [0.3, 0.4) is 0 Å². The number of rotatable bonds is 2. The SMILES string of the molecule is CC(C)(C)NC(N)=NCC1(O)CCc2ccccc21. The van der Waals surface area contributed by atoms with Crippen molar-refractivity contribution in [3.05, 3.63) is 35.4 Å². The number of hydrogen-bond donors (Lipinski definition) is 3. The van der Waals surface area contributed by atoms with E-state index >= 15 is 0 Å². The molecule has 4 heteroatoms. The molecule has 0 amide bonds. The Hall–Kier alpha value is -1.55. The zero-order chi connectivity index (χ0) is 14.1. The molecule has 1 atom stereocenters. The van der Waals surface area contributed by atoms with E-state index in [0.717, 1.165) is 12.0 Å². The van der Waals surface area contributed by atoms with Crippen LogP contribution in [0.25, 0.3) is 0 Å². The van der Waals surface area contributed by atoms with Crippen molar-refractivity contribution in [2.75, 3.05) is 6.54 Å². The molecule has 1 aromatic rings. The molecule has 0 saturated heterocycles. The van der Waals surface area contributed by atoms with E-state index in [1.807, 2.05) is 39.0 Å². The third-order valence-electron chi connectivity index (χ3n) is 3.34. The number of nitrogens with one attached hydrogen (secondary N) is 1. The van der Waals surface area contributed by atoms with Crippen molar-refractivity contribution in [2.24, 2.45) is 10.7 Å². The topological polar surface area (TPSA) is 70.6 Å². The fourth-order valence-electron chi connectivity index (χ4n) is 2.47. The van der Waals surface area contributed by atoms with Crippen molar-refractivity contribution in [3.63, 3.8) is 0 Å². The van der Waals surface area contributed by atoms with Gasteiger partial charge in [-0.3, -0.25) is 4.99 Å². The van der Waals surface area contributed by atoms with Crippen LogP contribution in [-0.4, -0.2) is 23.1 Å². The lowest BCUT2D eigenvalue weighted by molar-refractivity contribution is 0.0485. The van der Waals surface area contributed by atoms with E-state index in [9.17, 15) is 5.11 Å². The van der Waals surface area contributed by atoms with Gasteiger partial charge in [-0.15, -0.1) is 0 Å². The van der Waals surface area contributed by atoms with E-state index in [0.29, 0.717) is 18.9 Å². The number of aliphatic hydroxyl groups is 1. The number of fused-ring (bicyclic) bond motifs is 1. The number of nitrogens with two attached hydrogens (primary N) is 1. The van der Waals surface area contributed by atoms with Crippen molar-refractivity contribution in [1.82, 2.24) is 5.32 Å². The summed E-state index contributed by atoms with van der Waals surface area (Å²) in [6.45, 7) is 6.37. The van der Waals surface area contributed by atoms with Crippen molar-refractivity contribution >= 4 is 5.96 Å². The minimum atomic E-state index is -0.874. The van der Waals surface area contributed by atoms with Crippen LogP contribution >= 0.6 is 0 Å². The molecule has 0 aromatic heterocycles. The second-order valence-electron chi connectivity index (χ2n) is 6.27. The molecule has 4 N–H and O–H groups in total. The van der Waals surface area contributed by atoms with Crippen molar-refractivity contribution in [3.8, 4) is 0 Å². The van der Waals surface area contributed by atoms with Gasteiger partial charge in [0, 0.05) is 5.54 Å². The molecule has 0 radical (unpaired) electrons. The predicted molar refractivity (Wildman–Crippen MR) is 78.0 cm³/mol. The molecule has 0 bridgehead atoms. The first kappa shape index (κ1) is 13.9. The molecule has 1 unspecified atom stereocenters. The maximum absolute atomic E-state index is 10.7. The van der Waals surface area contributed by atoms with Crippen molar-refractivity contribution in [2.45, 2.75) is 44.8 Å². The number of aryl methyl sites for hydroxylation is 1. The van der Waals surface area contributed by atoms with Crippen molar-refractivity contribution < 1.29 is 5.11 Å². The van der Waals surface area contributed by atoms with Crippen LogP contribution in [0.15, 0.2) is 29.3 Å². The van der Waals surface area contributed by atoms with Crippen LogP contribution in [0.5, 0.6) is 0 Å². The van der Waals surface area contributed by atoms with Gasteiger partial charge in [-0.1, -0.05) is 24.3 Å². The van der Waals surface area contributed by atoms with Crippen LogP contribution in [0.1, 0.15) is 38.3 Å². The Morgan fingerprint density at radius 2 is 2.11 bits per heavy atom. The summed E-state index contributed by atoms with van der Waals surface area (Å²) >= 11 is 0. The number of guanidine groups is 1. The first-order chi connectivity index (χ1) is 8.80. The van der Waals surface area contributed by atoms with Gasteiger partial charge in [0.25, 0.3) is 0 Å². The van der Waals surface area contributed by atoms with Gasteiger partial charge in [0.15, 0.2) is 5.96 Å². The highest BCUT2D eigenvalue weighted by atomic mass is 16.3. The zero-order valence-corrected chi connectivity index (χ0v) is 11.9. The Kier molecular flexibility index (Phi) is 3.54. The molecule has 0 heterocycles. The fraction of sp³-hybridized carbons (Fsp3) is 0.533. The van der Waals surface area contributed by atoms with Gasteiger partial charge in [0.1, 0.15) is 5.60 Å². The van der Waals surface area contributed by atoms with Crippen LogP contribution in [-0.2, 0) is 12.0 Å². The second-order valence-corrected chi connectivity index (χ2v) is 6.27. The average Bonchev–Trinajstić information content (AvgIpc) is 2.64. The lowest BCUT2D eigenvalue weighted by Crippen LogP contribution is -2.45. The standard InChI is InChI=1S/C15H23N3O/c1-14(2,3)18-13(16)17-10-15(19)9-8-11-6-4-5-7-12(11)15/h4-7,19H,8-10H2,1-3H3,(H3,16,17,18). The Morgan fingerprint density at radius 3 is 2.79 bits per heavy atom. The molecule has 4 nitrogen and oxygen atoms in total. The molecule has 19 heavy (non-hydrogen) atoms.